The van der Waals surface area contributed by atoms with Crippen LogP contribution in [0, 0.1) is 10.8 Å². The molecule has 9 heteroatoms. The molecule has 1 unspecified atom stereocenters. The van der Waals surface area contributed by atoms with Crippen molar-refractivity contribution in [3.63, 3.8) is 0 Å². The van der Waals surface area contributed by atoms with Crippen LogP contribution in [0.5, 0.6) is 11.5 Å². The minimum Gasteiger partial charge on any atom is -0.493 e. The summed E-state index contributed by atoms with van der Waals surface area (Å²) in [6.07, 6.45) is 1.21. The topological polar surface area (TPSA) is 107 Å². The lowest BCUT2D eigenvalue weighted by Crippen LogP contribution is -2.15. The minimum atomic E-state index is -3.32. The number of carbonyl (C=O) groups is 1. The Balaban J connectivity index is 2.23. The van der Waals surface area contributed by atoms with E-state index >= 15 is 0 Å². The Bertz CT molecular complexity index is 913. The smallest absolute Gasteiger partial charge is 0.259 e. The molecule has 2 rings (SSSR count). The van der Waals surface area contributed by atoms with Crippen LogP contribution in [0.2, 0.25) is 0 Å². The molecule has 156 valence electrons. The average Bonchev–Trinajstić information content (AvgIpc) is 2.66. The summed E-state index contributed by atoms with van der Waals surface area (Å²) < 4.78 is 23.4. The highest BCUT2D eigenvalue weighted by Crippen LogP contribution is 2.40. The number of benzene rings is 1. The molecule has 1 aromatic heterocycles. The van der Waals surface area contributed by atoms with E-state index in [1.807, 2.05) is 27.7 Å². The first kappa shape index (κ1) is 22.6. The molecule has 0 aliphatic carbocycles. The molecule has 29 heavy (non-hydrogen) atoms. The van der Waals surface area contributed by atoms with Crippen molar-refractivity contribution >= 4 is 24.3 Å². The van der Waals surface area contributed by atoms with Crippen LogP contribution in [0.4, 0.5) is 5.82 Å². The molecule has 0 saturated carbocycles. The zero-order chi connectivity index (χ0) is 21.6. The van der Waals surface area contributed by atoms with Crippen molar-refractivity contribution in [2.45, 2.75) is 33.8 Å². The molecule has 0 aliphatic rings. The third-order valence-electron chi connectivity index (χ3n) is 3.72. The first-order valence-corrected chi connectivity index (χ1v) is 11.4. The van der Waals surface area contributed by atoms with Gasteiger partial charge in [-0.25, -0.2) is 4.98 Å². The molecule has 0 spiro atoms. The first-order chi connectivity index (χ1) is 13.6. The number of anilines is 1. The normalized spacial score (nSPS) is 13.1. The molecule has 1 aromatic carbocycles. The van der Waals surface area contributed by atoms with E-state index in [1.54, 1.807) is 18.2 Å². The van der Waals surface area contributed by atoms with Gasteiger partial charge in [-0.05, 0) is 49.0 Å². The van der Waals surface area contributed by atoms with Gasteiger partial charge < -0.3 is 14.8 Å². The van der Waals surface area contributed by atoms with Crippen LogP contribution in [0.1, 0.15) is 38.1 Å². The molecule has 1 atom stereocenters. The van der Waals surface area contributed by atoms with Gasteiger partial charge in [0.25, 0.3) is 13.2 Å². The molecular weight excluding hydrogens is 393 g/mol. The van der Waals surface area contributed by atoms with Crippen LogP contribution in [0.3, 0.4) is 0 Å². The number of hydrogen-bond donors (Lipinski definition) is 1. The summed E-state index contributed by atoms with van der Waals surface area (Å²) >= 11 is 0. The number of nitrogens with zero attached hydrogens (tertiary/aromatic N) is 2. The molecule has 0 saturated heterocycles. The third-order valence-corrected chi connectivity index (χ3v) is 5.26. The highest BCUT2D eigenvalue weighted by molar-refractivity contribution is 7.69. The Labute approximate surface area is 170 Å². The fourth-order valence-electron chi connectivity index (χ4n) is 2.33. The van der Waals surface area contributed by atoms with E-state index in [0.717, 1.165) is 0 Å². The second-order valence-electron chi connectivity index (χ2n) is 7.38. The lowest BCUT2D eigenvalue weighted by molar-refractivity contribution is 0.102. The summed E-state index contributed by atoms with van der Waals surface area (Å²) in [4.78, 5) is 30.1. The maximum Gasteiger partial charge on any atom is 0.259 e. The van der Waals surface area contributed by atoms with Crippen LogP contribution < -0.4 is 20.1 Å². The molecule has 0 bridgehead atoms. The van der Waals surface area contributed by atoms with Crippen molar-refractivity contribution in [1.29, 1.82) is 0 Å². The SMILES string of the molecule is CC(C)COc1cc(OC(C)C)cc(C(=O)Nc2ccc(P(C)(=O)N=O)cn2)c1. The zero-order valence-electron chi connectivity index (χ0n) is 17.2. The van der Waals surface area contributed by atoms with Gasteiger partial charge in [-0.3, -0.25) is 9.36 Å². The predicted molar refractivity (Wildman–Crippen MR) is 114 cm³/mol. The van der Waals surface area contributed by atoms with E-state index in [-0.39, 0.29) is 17.2 Å². The van der Waals surface area contributed by atoms with Gasteiger partial charge in [0.05, 0.1) is 18.0 Å². The molecule has 0 fully saturated rings. The summed E-state index contributed by atoms with van der Waals surface area (Å²) in [6.45, 7) is 9.63. The maximum atomic E-state index is 12.7. The number of hydrogen-bond acceptors (Lipinski definition) is 6. The number of rotatable bonds is 9. The van der Waals surface area contributed by atoms with Crippen molar-refractivity contribution < 1.29 is 18.8 Å². The van der Waals surface area contributed by atoms with E-state index in [9.17, 15) is 14.3 Å². The molecule has 2 aromatic rings. The Hall–Kier alpha value is -2.73. The second-order valence-corrected chi connectivity index (χ2v) is 9.82. The van der Waals surface area contributed by atoms with Gasteiger partial charge in [0.2, 0.25) is 0 Å². The van der Waals surface area contributed by atoms with Crippen molar-refractivity contribution in [3.8, 4) is 11.5 Å². The van der Waals surface area contributed by atoms with E-state index < -0.39 is 13.2 Å². The van der Waals surface area contributed by atoms with Crippen molar-refractivity contribution in [1.82, 2.24) is 4.98 Å². The van der Waals surface area contributed by atoms with Crippen LogP contribution in [-0.2, 0) is 4.57 Å². The monoisotopic (exact) mass is 419 g/mol. The first-order valence-electron chi connectivity index (χ1n) is 9.25. The van der Waals surface area contributed by atoms with Gasteiger partial charge in [-0.1, -0.05) is 13.8 Å². The van der Waals surface area contributed by atoms with Gasteiger partial charge in [0.15, 0.2) is 0 Å². The van der Waals surface area contributed by atoms with Crippen LogP contribution >= 0.6 is 7.29 Å². The van der Waals surface area contributed by atoms with Crippen LogP contribution in [-0.4, -0.2) is 30.3 Å². The number of pyridine rings is 1. The molecule has 0 aliphatic heterocycles. The molecule has 8 nitrogen and oxygen atoms in total. The van der Waals surface area contributed by atoms with Gasteiger partial charge in [-0.2, -0.15) is 0 Å². The van der Waals surface area contributed by atoms with Crippen molar-refractivity contribution in [2.75, 3.05) is 18.6 Å². The lowest BCUT2D eigenvalue weighted by Gasteiger charge is -2.15. The van der Waals surface area contributed by atoms with Gasteiger partial charge in [-0.15, -0.1) is 4.91 Å². The Morgan fingerprint density at radius 1 is 1.17 bits per heavy atom. The van der Waals surface area contributed by atoms with E-state index in [2.05, 4.69) is 15.2 Å². The zero-order valence-corrected chi connectivity index (χ0v) is 18.1. The lowest BCUT2D eigenvalue weighted by atomic mass is 10.1. The van der Waals surface area contributed by atoms with E-state index in [4.69, 9.17) is 9.47 Å². The Morgan fingerprint density at radius 2 is 1.86 bits per heavy atom. The predicted octanol–water partition coefficient (Wildman–Crippen LogP) is 4.46. The number of amides is 1. The van der Waals surface area contributed by atoms with Crippen molar-refractivity contribution in [2.24, 2.45) is 10.9 Å². The number of carbonyl (C=O) groups excluding carboxylic acids is 1. The standard InChI is InChI=1S/C20H26N3O5P/c1-13(2)12-27-16-8-15(9-17(10-16)28-14(3)4)20(24)22-19-7-6-18(11-21-19)29(5,26)23-25/h6-11,13-14H,12H2,1-5H3,(H,21,22,24). The minimum absolute atomic E-state index is 0.0587. The Kier molecular flexibility index (Phi) is 7.51. The van der Waals surface area contributed by atoms with E-state index in [0.29, 0.717) is 29.6 Å². The van der Waals surface area contributed by atoms with Gasteiger partial charge in [0.1, 0.15) is 17.3 Å². The summed E-state index contributed by atoms with van der Waals surface area (Å²) in [6, 6.07) is 7.94. The highest BCUT2D eigenvalue weighted by atomic mass is 31.2. The van der Waals surface area contributed by atoms with Crippen LogP contribution in [0.25, 0.3) is 0 Å². The highest BCUT2D eigenvalue weighted by Gasteiger charge is 2.19. The molecular formula is C20H26N3O5P. The van der Waals surface area contributed by atoms with E-state index in [1.165, 1.54) is 25.0 Å². The van der Waals surface area contributed by atoms with Crippen LogP contribution in [0.15, 0.2) is 41.5 Å². The number of nitroso groups, excluding NO2 is 1. The second kappa shape index (κ2) is 9.65. The fraction of sp³-hybridized carbons (Fsp3) is 0.400. The van der Waals surface area contributed by atoms with Gasteiger partial charge in [0, 0.05) is 24.5 Å². The number of ether oxygens (including phenoxy) is 2. The largest absolute Gasteiger partial charge is 0.493 e. The summed E-state index contributed by atoms with van der Waals surface area (Å²) in [5.74, 6) is 1.25. The number of nitrogens with one attached hydrogen (secondary N) is 1. The molecule has 1 amide bonds. The molecule has 1 heterocycles. The maximum absolute atomic E-state index is 12.7. The quantitative estimate of drug-likeness (QED) is 0.475. The Morgan fingerprint density at radius 3 is 2.41 bits per heavy atom. The average molecular weight is 419 g/mol. The summed E-state index contributed by atoms with van der Waals surface area (Å²) in [7, 11) is -3.32. The molecule has 1 N–H and O–H groups in total. The summed E-state index contributed by atoms with van der Waals surface area (Å²) in [5.41, 5.74) is 0.350. The summed E-state index contributed by atoms with van der Waals surface area (Å²) in [5, 5.41) is 2.89. The third kappa shape index (κ3) is 6.68. The molecule has 0 radical (unpaired) electrons. The van der Waals surface area contributed by atoms with Gasteiger partial charge >= 0.3 is 0 Å². The number of aromatic nitrogens is 1. The van der Waals surface area contributed by atoms with Crippen molar-refractivity contribution in [3.05, 3.63) is 47.0 Å². The fourth-order valence-corrected chi connectivity index (χ4v) is 3.05.